The summed E-state index contributed by atoms with van der Waals surface area (Å²) in [5, 5.41) is 2.99. The van der Waals surface area contributed by atoms with Gasteiger partial charge in [0.05, 0.1) is 18.2 Å². The molecule has 2 aromatic heterocycles. The molecule has 5 nitrogen and oxygen atoms in total. The molecule has 22 heavy (non-hydrogen) atoms. The third kappa shape index (κ3) is 3.17. The molecule has 0 radical (unpaired) electrons. The highest BCUT2D eigenvalue weighted by molar-refractivity contribution is 9.10. The molecule has 0 spiro atoms. The molecular formula is C16H21BrN4O. The number of amides is 1. The minimum absolute atomic E-state index is 0.0444. The van der Waals surface area contributed by atoms with Crippen LogP contribution in [0.1, 0.15) is 38.3 Å². The molecule has 1 amide bonds. The van der Waals surface area contributed by atoms with E-state index in [2.05, 4.69) is 26.2 Å². The van der Waals surface area contributed by atoms with Crippen molar-refractivity contribution in [2.45, 2.75) is 44.7 Å². The van der Waals surface area contributed by atoms with Crippen molar-refractivity contribution in [3.05, 3.63) is 34.7 Å². The number of hydrogen-bond donors (Lipinski definition) is 2. The van der Waals surface area contributed by atoms with E-state index in [9.17, 15) is 4.79 Å². The molecule has 2 aromatic rings. The molecule has 6 heteroatoms. The highest BCUT2D eigenvalue weighted by atomic mass is 79.9. The first kappa shape index (κ1) is 15.5. The molecular weight excluding hydrogens is 344 g/mol. The highest BCUT2D eigenvalue weighted by Gasteiger charge is 2.37. The fourth-order valence-corrected chi connectivity index (χ4v) is 3.54. The normalized spacial score (nSPS) is 25.3. The first-order valence-corrected chi connectivity index (χ1v) is 8.45. The molecule has 118 valence electrons. The quantitative estimate of drug-likeness (QED) is 0.878. The minimum atomic E-state index is -0.397. The van der Waals surface area contributed by atoms with Gasteiger partial charge < -0.3 is 15.5 Å². The maximum atomic E-state index is 12.4. The van der Waals surface area contributed by atoms with Crippen molar-refractivity contribution >= 4 is 27.5 Å². The van der Waals surface area contributed by atoms with Crippen molar-refractivity contribution in [2.24, 2.45) is 11.7 Å². The molecule has 1 saturated carbocycles. The molecule has 2 unspecified atom stereocenters. The first-order valence-electron chi connectivity index (χ1n) is 7.65. The van der Waals surface area contributed by atoms with Crippen molar-refractivity contribution in [3.63, 3.8) is 0 Å². The lowest BCUT2D eigenvalue weighted by molar-refractivity contribution is -0.128. The van der Waals surface area contributed by atoms with Crippen LogP contribution in [0, 0.1) is 5.92 Å². The summed E-state index contributed by atoms with van der Waals surface area (Å²) in [5.41, 5.74) is 7.60. The average molecular weight is 365 g/mol. The van der Waals surface area contributed by atoms with E-state index in [-0.39, 0.29) is 11.8 Å². The summed E-state index contributed by atoms with van der Waals surface area (Å²) in [6.07, 6.45) is 7.85. The Morgan fingerprint density at radius 2 is 2.32 bits per heavy atom. The number of aromatic nitrogens is 2. The topological polar surface area (TPSA) is 72.4 Å². The zero-order chi connectivity index (χ0) is 15.7. The Balaban J connectivity index is 1.66. The van der Waals surface area contributed by atoms with Crippen molar-refractivity contribution in [1.82, 2.24) is 14.7 Å². The molecule has 0 bridgehead atoms. The third-order valence-electron chi connectivity index (χ3n) is 4.48. The molecule has 2 atom stereocenters. The van der Waals surface area contributed by atoms with Crippen molar-refractivity contribution in [1.29, 1.82) is 0 Å². The van der Waals surface area contributed by atoms with Gasteiger partial charge in [0, 0.05) is 22.4 Å². The zero-order valence-corrected chi connectivity index (χ0v) is 14.3. The van der Waals surface area contributed by atoms with Crippen LogP contribution in [0.4, 0.5) is 0 Å². The van der Waals surface area contributed by atoms with Gasteiger partial charge in [-0.2, -0.15) is 0 Å². The number of carbonyl (C=O) groups is 1. The smallest absolute Gasteiger partial charge is 0.225 e. The number of nitrogens with one attached hydrogen (secondary N) is 1. The van der Waals surface area contributed by atoms with Crippen LogP contribution < -0.4 is 11.1 Å². The Bertz CT molecular complexity index is 695. The van der Waals surface area contributed by atoms with Gasteiger partial charge in [-0.1, -0.05) is 12.8 Å². The largest absolute Gasteiger partial charge is 0.350 e. The number of fused-ring (bicyclic) bond motifs is 1. The average Bonchev–Trinajstić information content (AvgIpc) is 2.86. The van der Waals surface area contributed by atoms with Crippen LogP contribution in [0.5, 0.6) is 0 Å². The van der Waals surface area contributed by atoms with Gasteiger partial charge in [-0.3, -0.25) is 4.79 Å². The van der Waals surface area contributed by atoms with E-state index in [1.54, 1.807) is 0 Å². The number of carbonyl (C=O) groups excluding carboxylic acids is 1. The Kier molecular flexibility index (Phi) is 4.23. The molecule has 2 heterocycles. The number of hydrogen-bond acceptors (Lipinski definition) is 3. The molecule has 3 N–H and O–H groups in total. The van der Waals surface area contributed by atoms with E-state index in [0.717, 1.165) is 41.5 Å². The Morgan fingerprint density at radius 1 is 1.50 bits per heavy atom. The fourth-order valence-electron chi connectivity index (χ4n) is 3.19. The van der Waals surface area contributed by atoms with Gasteiger partial charge in [0.1, 0.15) is 5.65 Å². The lowest BCUT2D eigenvalue weighted by Gasteiger charge is -2.37. The van der Waals surface area contributed by atoms with Gasteiger partial charge in [-0.15, -0.1) is 0 Å². The molecule has 1 fully saturated rings. The Labute approximate surface area is 138 Å². The Hall–Kier alpha value is -1.40. The van der Waals surface area contributed by atoms with Crippen LogP contribution in [-0.4, -0.2) is 20.8 Å². The van der Waals surface area contributed by atoms with E-state index >= 15 is 0 Å². The van der Waals surface area contributed by atoms with E-state index < -0.39 is 5.54 Å². The number of rotatable bonds is 3. The summed E-state index contributed by atoms with van der Waals surface area (Å²) in [5.74, 6) is -0.0598. The second-order valence-electron chi connectivity index (χ2n) is 6.37. The number of halogens is 1. The van der Waals surface area contributed by atoms with E-state index in [1.165, 1.54) is 0 Å². The van der Waals surface area contributed by atoms with Crippen LogP contribution >= 0.6 is 15.9 Å². The van der Waals surface area contributed by atoms with Gasteiger partial charge in [0.2, 0.25) is 5.91 Å². The summed E-state index contributed by atoms with van der Waals surface area (Å²) in [7, 11) is 0. The van der Waals surface area contributed by atoms with Gasteiger partial charge in [0.15, 0.2) is 0 Å². The van der Waals surface area contributed by atoms with Crippen molar-refractivity contribution < 1.29 is 4.79 Å². The van der Waals surface area contributed by atoms with Crippen LogP contribution in [0.2, 0.25) is 0 Å². The Morgan fingerprint density at radius 3 is 3.09 bits per heavy atom. The number of nitrogens with two attached hydrogens (primary N) is 1. The SMILES string of the molecule is CC1(N)CCCCC1C(=O)NCc1cn2cc(Br)ccc2n1. The van der Waals surface area contributed by atoms with Gasteiger partial charge in [-0.25, -0.2) is 4.98 Å². The second-order valence-corrected chi connectivity index (χ2v) is 7.28. The third-order valence-corrected chi connectivity index (χ3v) is 4.95. The lowest BCUT2D eigenvalue weighted by Crippen LogP contribution is -2.52. The maximum Gasteiger partial charge on any atom is 0.225 e. The first-order chi connectivity index (χ1) is 10.5. The summed E-state index contributed by atoms with van der Waals surface area (Å²) in [6, 6.07) is 3.89. The number of pyridine rings is 1. The van der Waals surface area contributed by atoms with E-state index in [4.69, 9.17) is 5.73 Å². The highest BCUT2D eigenvalue weighted by Crippen LogP contribution is 2.31. The van der Waals surface area contributed by atoms with E-state index in [1.807, 2.05) is 35.9 Å². The van der Waals surface area contributed by atoms with Gasteiger partial charge in [0.25, 0.3) is 0 Å². The van der Waals surface area contributed by atoms with E-state index in [0.29, 0.717) is 6.54 Å². The summed E-state index contributed by atoms with van der Waals surface area (Å²) in [6.45, 7) is 2.42. The molecule has 0 saturated heterocycles. The number of nitrogens with zero attached hydrogens (tertiary/aromatic N) is 2. The van der Waals surface area contributed by atoms with Crippen molar-refractivity contribution in [2.75, 3.05) is 0 Å². The predicted octanol–water partition coefficient (Wildman–Crippen LogP) is 2.62. The lowest BCUT2D eigenvalue weighted by atomic mass is 9.74. The molecule has 0 aromatic carbocycles. The molecule has 1 aliphatic carbocycles. The van der Waals surface area contributed by atoms with Crippen LogP contribution in [0.15, 0.2) is 29.0 Å². The van der Waals surface area contributed by atoms with Gasteiger partial charge in [-0.05, 0) is 47.8 Å². The maximum absolute atomic E-state index is 12.4. The second kappa shape index (κ2) is 6.01. The predicted molar refractivity (Wildman–Crippen MR) is 89.3 cm³/mol. The van der Waals surface area contributed by atoms with Gasteiger partial charge >= 0.3 is 0 Å². The fraction of sp³-hybridized carbons (Fsp3) is 0.500. The monoisotopic (exact) mass is 364 g/mol. The van der Waals surface area contributed by atoms with Crippen molar-refractivity contribution in [3.8, 4) is 0 Å². The zero-order valence-electron chi connectivity index (χ0n) is 12.7. The molecule has 0 aliphatic heterocycles. The summed E-state index contributed by atoms with van der Waals surface area (Å²) >= 11 is 3.44. The van der Waals surface area contributed by atoms with Crippen LogP contribution in [-0.2, 0) is 11.3 Å². The summed E-state index contributed by atoms with van der Waals surface area (Å²) in [4.78, 5) is 16.9. The minimum Gasteiger partial charge on any atom is -0.350 e. The van der Waals surface area contributed by atoms with Crippen LogP contribution in [0.3, 0.4) is 0 Å². The standard InChI is InChI=1S/C16H21BrN4O/c1-16(18)7-3-2-4-13(16)15(22)19-8-12-10-21-9-11(17)5-6-14(21)20-12/h5-6,9-10,13H,2-4,7-8,18H2,1H3,(H,19,22). The number of imidazole rings is 1. The van der Waals surface area contributed by atoms with Crippen LogP contribution in [0.25, 0.3) is 5.65 Å². The molecule has 1 aliphatic rings. The molecule has 3 rings (SSSR count). The summed E-state index contributed by atoms with van der Waals surface area (Å²) < 4.78 is 2.94.